The van der Waals surface area contributed by atoms with Crippen LogP contribution in [0.4, 0.5) is 0 Å². The largest absolute Gasteiger partial charge is 0.497 e. The van der Waals surface area contributed by atoms with Gasteiger partial charge < -0.3 is 19.5 Å². The first-order valence-electron chi connectivity index (χ1n) is 8.52. The minimum Gasteiger partial charge on any atom is -0.497 e. The first-order chi connectivity index (χ1) is 12.5. The van der Waals surface area contributed by atoms with Gasteiger partial charge in [-0.3, -0.25) is 4.79 Å². The molecule has 0 amide bonds. The van der Waals surface area contributed by atoms with Gasteiger partial charge >= 0.3 is 5.97 Å². The number of ketones is 1. The number of allylic oxidation sites excluding steroid dienone is 3. The number of ether oxygens (including phenoxy) is 3. The Bertz CT molecular complexity index is 808. The topological polar surface area (TPSA) is 73.9 Å². The molecule has 26 heavy (non-hydrogen) atoms. The van der Waals surface area contributed by atoms with Gasteiger partial charge in [-0.05, 0) is 19.4 Å². The lowest BCUT2D eigenvalue weighted by Crippen LogP contribution is -2.40. The molecule has 0 aromatic heterocycles. The molecule has 0 radical (unpaired) electrons. The number of methoxy groups -OCH3 is 3. The van der Waals surface area contributed by atoms with Crippen molar-refractivity contribution < 1.29 is 23.8 Å². The van der Waals surface area contributed by atoms with Crippen LogP contribution in [0, 0.1) is 5.92 Å². The SMILES string of the molecule is COC(=O)C1=C(C)NC2=CCCC(=O)C2C1c1ccc(OC)cc1OC. The van der Waals surface area contributed by atoms with Crippen LogP contribution in [0.2, 0.25) is 0 Å². The van der Waals surface area contributed by atoms with Crippen LogP contribution in [0.5, 0.6) is 11.5 Å². The maximum Gasteiger partial charge on any atom is 0.336 e. The third-order valence-electron chi connectivity index (χ3n) is 5.00. The van der Waals surface area contributed by atoms with E-state index in [-0.39, 0.29) is 5.78 Å². The molecule has 1 N–H and O–H groups in total. The maximum atomic E-state index is 12.8. The smallest absolute Gasteiger partial charge is 0.336 e. The standard InChI is InChI=1S/C20H23NO5/c1-11-17(20(23)26-4)18(19-14(21-11)6-5-7-15(19)22)13-9-8-12(24-2)10-16(13)25-3/h6,8-10,18-19,21H,5,7H2,1-4H3. The van der Waals surface area contributed by atoms with Crippen molar-refractivity contribution in [2.45, 2.75) is 25.7 Å². The van der Waals surface area contributed by atoms with Crippen molar-refractivity contribution in [1.29, 1.82) is 0 Å². The number of hydrogen-bond acceptors (Lipinski definition) is 6. The molecule has 6 nitrogen and oxygen atoms in total. The van der Waals surface area contributed by atoms with E-state index in [0.717, 1.165) is 11.3 Å². The Hall–Kier alpha value is -2.76. The van der Waals surface area contributed by atoms with E-state index in [2.05, 4.69) is 5.32 Å². The monoisotopic (exact) mass is 357 g/mol. The summed E-state index contributed by atoms with van der Waals surface area (Å²) in [5, 5.41) is 3.23. The van der Waals surface area contributed by atoms with Crippen molar-refractivity contribution in [3.63, 3.8) is 0 Å². The van der Waals surface area contributed by atoms with Crippen molar-refractivity contribution in [1.82, 2.24) is 5.32 Å². The van der Waals surface area contributed by atoms with Gasteiger partial charge in [0.25, 0.3) is 0 Å². The Morgan fingerprint density at radius 1 is 1.15 bits per heavy atom. The highest BCUT2D eigenvalue weighted by Crippen LogP contribution is 2.47. The maximum absolute atomic E-state index is 12.8. The van der Waals surface area contributed by atoms with Crippen LogP contribution >= 0.6 is 0 Å². The fraction of sp³-hybridized carbons (Fsp3) is 0.400. The Balaban J connectivity index is 2.23. The molecular weight excluding hydrogens is 334 g/mol. The van der Waals surface area contributed by atoms with E-state index < -0.39 is 17.8 Å². The molecule has 2 atom stereocenters. The van der Waals surface area contributed by atoms with Gasteiger partial charge in [-0.15, -0.1) is 0 Å². The summed E-state index contributed by atoms with van der Waals surface area (Å²) in [6.07, 6.45) is 3.19. The number of fused-ring (bicyclic) bond motifs is 1. The van der Waals surface area contributed by atoms with Crippen molar-refractivity contribution in [2.24, 2.45) is 5.92 Å². The molecule has 2 aliphatic rings. The second-order valence-electron chi connectivity index (χ2n) is 6.38. The summed E-state index contributed by atoms with van der Waals surface area (Å²) in [5.41, 5.74) is 2.75. The fourth-order valence-corrected chi connectivity index (χ4v) is 3.80. The number of hydrogen-bond donors (Lipinski definition) is 1. The lowest BCUT2D eigenvalue weighted by Gasteiger charge is -2.38. The van der Waals surface area contributed by atoms with Gasteiger partial charge in [0.1, 0.15) is 17.3 Å². The van der Waals surface area contributed by atoms with Gasteiger partial charge in [0, 0.05) is 35.4 Å². The number of Topliss-reactive ketones (excluding diaryl/α,β-unsaturated/α-hetero) is 1. The third kappa shape index (κ3) is 2.96. The van der Waals surface area contributed by atoms with Gasteiger partial charge in [0.05, 0.1) is 32.8 Å². The van der Waals surface area contributed by atoms with Gasteiger partial charge in [0.2, 0.25) is 0 Å². The summed E-state index contributed by atoms with van der Waals surface area (Å²) in [4.78, 5) is 25.3. The molecule has 0 saturated carbocycles. The molecule has 1 aliphatic heterocycles. The van der Waals surface area contributed by atoms with Crippen LogP contribution in [-0.4, -0.2) is 33.1 Å². The molecule has 1 heterocycles. The molecule has 3 rings (SSSR count). The lowest BCUT2D eigenvalue weighted by atomic mass is 9.71. The van der Waals surface area contributed by atoms with E-state index in [1.165, 1.54) is 7.11 Å². The number of rotatable bonds is 4. The summed E-state index contributed by atoms with van der Waals surface area (Å²) >= 11 is 0. The van der Waals surface area contributed by atoms with Crippen LogP contribution in [0.25, 0.3) is 0 Å². The van der Waals surface area contributed by atoms with Gasteiger partial charge in [-0.1, -0.05) is 12.1 Å². The predicted octanol–water partition coefficient (Wildman–Crippen LogP) is 2.70. The number of esters is 1. The van der Waals surface area contributed by atoms with E-state index in [9.17, 15) is 9.59 Å². The minimum atomic E-state index is -0.469. The summed E-state index contributed by atoms with van der Waals surface area (Å²) in [5.74, 6) is -0.0525. The van der Waals surface area contributed by atoms with Crippen molar-refractivity contribution in [3.8, 4) is 11.5 Å². The Morgan fingerprint density at radius 2 is 1.92 bits per heavy atom. The van der Waals surface area contributed by atoms with Crippen LogP contribution < -0.4 is 14.8 Å². The molecule has 0 bridgehead atoms. The highest BCUT2D eigenvalue weighted by Gasteiger charge is 2.44. The average molecular weight is 357 g/mol. The molecular formula is C20H23NO5. The van der Waals surface area contributed by atoms with E-state index in [1.54, 1.807) is 26.4 Å². The number of nitrogens with one attached hydrogen (secondary N) is 1. The zero-order valence-corrected chi connectivity index (χ0v) is 15.4. The second-order valence-corrected chi connectivity index (χ2v) is 6.38. The Labute approximate surface area is 152 Å². The second kappa shape index (κ2) is 7.23. The molecule has 0 fully saturated rings. The van der Waals surface area contributed by atoms with Crippen molar-refractivity contribution >= 4 is 11.8 Å². The van der Waals surface area contributed by atoms with Gasteiger partial charge in [0.15, 0.2) is 0 Å². The van der Waals surface area contributed by atoms with Crippen LogP contribution in [0.1, 0.15) is 31.2 Å². The number of benzene rings is 1. The number of carbonyl (C=O) groups excluding carboxylic acids is 2. The zero-order valence-electron chi connectivity index (χ0n) is 15.4. The predicted molar refractivity (Wildman–Crippen MR) is 96.0 cm³/mol. The van der Waals surface area contributed by atoms with Crippen LogP contribution in [-0.2, 0) is 14.3 Å². The van der Waals surface area contributed by atoms with E-state index in [4.69, 9.17) is 14.2 Å². The van der Waals surface area contributed by atoms with Crippen molar-refractivity contribution in [2.75, 3.05) is 21.3 Å². The summed E-state index contributed by atoms with van der Waals surface area (Å²) < 4.78 is 15.8. The quantitative estimate of drug-likeness (QED) is 0.835. The molecule has 1 aromatic rings. The Morgan fingerprint density at radius 3 is 2.58 bits per heavy atom. The molecule has 6 heteroatoms. The van der Waals surface area contributed by atoms with Crippen molar-refractivity contribution in [3.05, 3.63) is 46.8 Å². The fourth-order valence-electron chi connectivity index (χ4n) is 3.80. The summed E-state index contributed by atoms with van der Waals surface area (Å²) in [6.45, 7) is 1.82. The molecule has 0 saturated heterocycles. The molecule has 1 aliphatic carbocycles. The molecule has 0 spiro atoms. The number of carbonyl (C=O) groups is 2. The van der Waals surface area contributed by atoms with E-state index in [0.29, 0.717) is 35.6 Å². The average Bonchev–Trinajstić information content (AvgIpc) is 2.66. The minimum absolute atomic E-state index is 0.103. The van der Waals surface area contributed by atoms with E-state index >= 15 is 0 Å². The summed E-state index contributed by atoms with van der Waals surface area (Å²) in [6, 6.07) is 5.42. The zero-order chi connectivity index (χ0) is 18.8. The lowest BCUT2D eigenvalue weighted by molar-refractivity contribution is -0.136. The van der Waals surface area contributed by atoms with E-state index in [1.807, 2.05) is 19.1 Å². The van der Waals surface area contributed by atoms with Crippen LogP contribution in [0.15, 0.2) is 41.2 Å². The van der Waals surface area contributed by atoms with Crippen LogP contribution in [0.3, 0.4) is 0 Å². The van der Waals surface area contributed by atoms with Gasteiger partial charge in [-0.2, -0.15) is 0 Å². The first-order valence-corrected chi connectivity index (χ1v) is 8.52. The Kier molecular flexibility index (Phi) is 5.02. The third-order valence-corrected chi connectivity index (χ3v) is 5.00. The molecule has 2 unspecified atom stereocenters. The normalized spacial score (nSPS) is 22.2. The molecule has 1 aromatic carbocycles. The summed E-state index contributed by atoms with van der Waals surface area (Å²) in [7, 11) is 4.49. The first kappa shape index (κ1) is 18.0. The highest BCUT2D eigenvalue weighted by atomic mass is 16.5. The van der Waals surface area contributed by atoms with Gasteiger partial charge in [-0.25, -0.2) is 4.79 Å². The molecule has 138 valence electrons. The highest BCUT2D eigenvalue weighted by molar-refractivity contribution is 5.96.